The third-order valence-electron chi connectivity index (χ3n) is 5.34. The van der Waals surface area contributed by atoms with Crippen LogP contribution in [-0.2, 0) is 21.0 Å². The minimum Gasteiger partial charge on any atom is -0.497 e. The Morgan fingerprint density at radius 3 is 2.49 bits per heavy atom. The Morgan fingerprint density at radius 2 is 1.83 bits per heavy atom. The SMILES string of the molecule is COc1ccc(CONC(=O)c2cccnc2NCC2CCN(OC(=O)OC(C)(C)C)CC2)cc1. The Kier molecular flexibility index (Phi) is 9.27. The zero-order valence-corrected chi connectivity index (χ0v) is 20.7. The van der Waals surface area contributed by atoms with Gasteiger partial charge in [0.25, 0.3) is 5.91 Å². The van der Waals surface area contributed by atoms with Crippen molar-refractivity contribution in [3.8, 4) is 5.75 Å². The lowest BCUT2D eigenvalue weighted by molar-refractivity contribution is -0.154. The Balaban J connectivity index is 1.43. The van der Waals surface area contributed by atoms with Gasteiger partial charge in [-0.1, -0.05) is 12.1 Å². The summed E-state index contributed by atoms with van der Waals surface area (Å²) in [7, 11) is 1.61. The molecule has 1 aromatic carbocycles. The minimum atomic E-state index is -0.688. The molecule has 2 N–H and O–H groups in total. The standard InChI is InChI=1S/C25H34N4O6/c1-25(2,3)34-24(31)35-29-14-11-18(12-15-29)16-27-22-21(6-5-13-26-22)23(30)28-33-17-19-7-9-20(32-4)10-8-19/h5-10,13,18H,11-12,14-17H2,1-4H3,(H,26,27)(H,28,30). The lowest BCUT2D eigenvalue weighted by Gasteiger charge is -2.31. The molecule has 0 bridgehead atoms. The van der Waals surface area contributed by atoms with Crippen LogP contribution in [0.15, 0.2) is 42.6 Å². The molecule has 1 aliphatic heterocycles. The Labute approximate surface area is 205 Å². The Morgan fingerprint density at radius 1 is 1.11 bits per heavy atom. The van der Waals surface area contributed by atoms with Crippen LogP contribution in [0.1, 0.15) is 49.5 Å². The number of pyridine rings is 1. The zero-order valence-electron chi connectivity index (χ0n) is 20.7. The Hall–Kier alpha value is -3.37. The number of hydroxylamine groups is 3. The summed E-state index contributed by atoms with van der Waals surface area (Å²) in [6.45, 7) is 7.48. The van der Waals surface area contributed by atoms with E-state index in [1.807, 2.05) is 24.3 Å². The van der Waals surface area contributed by atoms with E-state index in [1.54, 1.807) is 51.3 Å². The van der Waals surface area contributed by atoms with E-state index in [0.29, 0.717) is 36.9 Å². The highest BCUT2D eigenvalue weighted by molar-refractivity contribution is 5.98. The van der Waals surface area contributed by atoms with Crippen molar-refractivity contribution in [2.75, 3.05) is 32.1 Å². The molecular formula is C25H34N4O6. The van der Waals surface area contributed by atoms with E-state index in [2.05, 4.69) is 15.8 Å². The highest BCUT2D eigenvalue weighted by Crippen LogP contribution is 2.20. The number of rotatable bonds is 9. The summed E-state index contributed by atoms with van der Waals surface area (Å²) < 4.78 is 10.3. The maximum Gasteiger partial charge on any atom is 0.528 e. The van der Waals surface area contributed by atoms with Crippen molar-refractivity contribution in [1.82, 2.24) is 15.5 Å². The molecule has 2 heterocycles. The maximum absolute atomic E-state index is 12.6. The van der Waals surface area contributed by atoms with E-state index >= 15 is 0 Å². The number of nitrogens with zero attached hydrogens (tertiary/aromatic N) is 2. The van der Waals surface area contributed by atoms with Crippen LogP contribution in [0.3, 0.4) is 0 Å². The molecule has 0 spiro atoms. The predicted octanol–water partition coefficient (Wildman–Crippen LogP) is 3.94. The van der Waals surface area contributed by atoms with Gasteiger partial charge in [0.05, 0.1) is 19.3 Å². The van der Waals surface area contributed by atoms with Gasteiger partial charge in [-0.2, -0.15) is 0 Å². The number of carbonyl (C=O) groups excluding carboxylic acids is 2. The zero-order chi connectivity index (χ0) is 25.3. The molecule has 2 aromatic rings. The van der Waals surface area contributed by atoms with Crippen molar-refractivity contribution in [2.24, 2.45) is 5.92 Å². The fourth-order valence-electron chi connectivity index (χ4n) is 3.51. The number of methoxy groups -OCH3 is 1. The molecule has 0 radical (unpaired) electrons. The average molecular weight is 487 g/mol. The molecule has 190 valence electrons. The number of hydrogen-bond acceptors (Lipinski definition) is 9. The number of amides is 1. The summed E-state index contributed by atoms with van der Waals surface area (Å²) in [5, 5.41) is 4.91. The smallest absolute Gasteiger partial charge is 0.497 e. The molecule has 1 amide bonds. The van der Waals surface area contributed by atoms with Crippen LogP contribution in [0.2, 0.25) is 0 Å². The van der Waals surface area contributed by atoms with Crippen molar-refractivity contribution >= 4 is 17.9 Å². The number of ether oxygens (including phenoxy) is 2. The number of aromatic nitrogens is 1. The predicted molar refractivity (Wildman–Crippen MR) is 130 cm³/mol. The van der Waals surface area contributed by atoms with Gasteiger partial charge in [0.1, 0.15) is 17.2 Å². The van der Waals surface area contributed by atoms with Gasteiger partial charge < -0.3 is 19.6 Å². The number of nitrogens with one attached hydrogen (secondary N) is 2. The lowest BCUT2D eigenvalue weighted by Crippen LogP contribution is -2.39. The molecule has 35 heavy (non-hydrogen) atoms. The normalized spacial score (nSPS) is 14.7. The van der Waals surface area contributed by atoms with Gasteiger partial charge in [0, 0.05) is 25.8 Å². The second kappa shape index (κ2) is 12.4. The molecular weight excluding hydrogens is 452 g/mol. The second-order valence-electron chi connectivity index (χ2n) is 9.28. The molecule has 0 atom stereocenters. The van der Waals surface area contributed by atoms with Crippen LogP contribution in [0, 0.1) is 5.92 Å². The van der Waals surface area contributed by atoms with Crippen molar-refractivity contribution in [3.05, 3.63) is 53.7 Å². The third-order valence-corrected chi connectivity index (χ3v) is 5.34. The summed E-state index contributed by atoms with van der Waals surface area (Å²) in [5.74, 6) is 1.21. The molecule has 0 unspecified atom stereocenters. The third kappa shape index (κ3) is 8.73. The van der Waals surface area contributed by atoms with Crippen molar-refractivity contribution in [3.63, 3.8) is 0 Å². The van der Waals surface area contributed by atoms with Crippen LogP contribution >= 0.6 is 0 Å². The van der Waals surface area contributed by atoms with E-state index in [0.717, 1.165) is 24.2 Å². The van der Waals surface area contributed by atoms with E-state index in [4.69, 9.17) is 19.1 Å². The Bertz CT molecular complexity index is 969. The number of benzene rings is 1. The molecule has 1 saturated heterocycles. The van der Waals surface area contributed by atoms with E-state index in [1.165, 1.54) is 0 Å². The number of piperidine rings is 1. The molecule has 1 fully saturated rings. The first-order valence-corrected chi connectivity index (χ1v) is 11.6. The minimum absolute atomic E-state index is 0.225. The topological polar surface area (TPSA) is 111 Å². The van der Waals surface area contributed by atoms with Crippen LogP contribution < -0.4 is 15.5 Å². The van der Waals surface area contributed by atoms with Crippen LogP contribution in [0.5, 0.6) is 5.75 Å². The van der Waals surface area contributed by atoms with Crippen LogP contribution in [0.4, 0.5) is 10.6 Å². The van der Waals surface area contributed by atoms with Gasteiger partial charge in [-0.15, -0.1) is 5.06 Å². The monoisotopic (exact) mass is 486 g/mol. The van der Waals surface area contributed by atoms with Gasteiger partial charge in [0.15, 0.2) is 0 Å². The molecule has 3 rings (SSSR count). The molecule has 0 aliphatic carbocycles. The quantitative estimate of drug-likeness (QED) is 0.402. The molecule has 10 heteroatoms. The summed E-state index contributed by atoms with van der Waals surface area (Å²) >= 11 is 0. The van der Waals surface area contributed by atoms with Crippen molar-refractivity contribution in [1.29, 1.82) is 0 Å². The number of carbonyl (C=O) groups is 2. The van der Waals surface area contributed by atoms with Crippen molar-refractivity contribution in [2.45, 2.75) is 45.8 Å². The van der Waals surface area contributed by atoms with Gasteiger partial charge in [-0.25, -0.2) is 15.3 Å². The largest absolute Gasteiger partial charge is 0.528 e. The summed E-state index contributed by atoms with van der Waals surface area (Å²) in [5.41, 5.74) is 3.18. The van der Waals surface area contributed by atoms with Gasteiger partial charge in [-0.3, -0.25) is 9.63 Å². The molecule has 1 aliphatic rings. The van der Waals surface area contributed by atoms with E-state index in [9.17, 15) is 9.59 Å². The van der Waals surface area contributed by atoms with Crippen LogP contribution in [-0.4, -0.2) is 54.5 Å². The number of hydrogen-bond donors (Lipinski definition) is 2. The fraction of sp³-hybridized carbons (Fsp3) is 0.480. The van der Waals surface area contributed by atoms with E-state index < -0.39 is 11.8 Å². The highest BCUT2D eigenvalue weighted by Gasteiger charge is 2.25. The van der Waals surface area contributed by atoms with E-state index in [-0.39, 0.29) is 12.5 Å². The average Bonchev–Trinajstić information content (AvgIpc) is 2.83. The first-order chi connectivity index (χ1) is 16.7. The van der Waals surface area contributed by atoms with Gasteiger partial charge in [0.2, 0.25) is 0 Å². The summed E-state index contributed by atoms with van der Waals surface area (Å²) in [6, 6.07) is 10.8. The first-order valence-electron chi connectivity index (χ1n) is 11.6. The highest BCUT2D eigenvalue weighted by atomic mass is 16.8. The van der Waals surface area contributed by atoms with Crippen LogP contribution in [0.25, 0.3) is 0 Å². The summed E-state index contributed by atoms with van der Waals surface area (Å²) in [4.78, 5) is 39.5. The lowest BCUT2D eigenvalue weighted by atomic mass is 9.98. The van der Waals surface area contributed by atoms with Crippen molar-refractivity contribution < 1.29 is 28.7 Å². The second-order valence-corrected chi connectivity index (χ2v) is 9.28. The molecule has 0 saturated carbocycles. The maximum atomic E-state index is 12.6. The van der Waals surface area contributed by atoms with Gasteiger partial charge >= 0.3 is 6.16 Å². The number of anilines is 1. The summed E-state index contributed by atoms with van der Waals surface area (Å²) in [6.07, 6.45) is 2.60. The first kappa shape index (κ1) is 26.2. The molecule has 10 nitrogen and oxygen atoms in total. The molecule has 1 aromatic heterocycles. The van der Waals surface area contributed by atoms with Gasteiger partial charge in [-0.05, 0) is 69.4 Å². The fourth-order valence-corrected chi connectivity index (χ4v) is 3.51.